The summed E-state index contributed by atoms with van der Waals surface area (Å²) in [5.41, 5.74) is 2.29. The summed E-state index contributed by atoms with van der Waals surface area (Å²) in [5, 5.41) is 6.50. The largest absolute Gasteiger partial charge is 0.467 e. The number of rotatable bonds is 4. The summed E-state index contributed by atoms with van der Waals surface area (Å²) in [5.74, 6) is -0.195. The van der Waals surface area contributed by atoms with Gasteiger partial charge in [0.2, 0.25) is 5.91 Å². The molecule has 1 aromatic carbocycles. The van der Waals surface area contributed by atoms with Gasteiger partial charge < -0.3 is 19.3 Å². The van der Waals surface area contributed by atoms with Gasteiger partial charge in [-0.15, -0.1) is 0 Å². The second-order valence-corrected chi connectivity index (χ2v) is 4.92. The molecule has 1 aliphatic heterocycles. The third-order valence-electron chi connectivity index (χ3n) is 3.36. The Kier molecular flexibility index (Phi) is 4.06. The third-order valence-corrected chi connectivity index (χ3v) is 3.36. The first-order valence-electron chi connectivity index (χ1n) is 6.92. The molecule has 0 saturated heterocycles. The van der Waals surface area contributed by atoms with Crippen molar-refractivity contribution in [1.82, 2.24) is 5.16 Å². The lowest BCUT2D eigenvalue weighted by molar-refractivity contribution is -0.115. The Bertz CT molecular complexity index is 699. The molecule has 6 nitrogen and oxygen atoms in total. The summed E-state index contributed by atoms with van der Waals surface area (Å²) in [4.78, 5) is 12.2. The average Bonchev–Trinajstić information content (AvgIpc) is 2.94. The molecule has 0 unspecified atom stereocenters. The fourth-order valence-electron chi connectivity index (χ4n) is 2.37. The predicted octanol–water partition coefficient (Wildman–Crippen LogP) is 2.42. The van der Waals surface area contributed by atoms with Gasteiger partial charge in [0, 0.05) is 11.1 Å². The molecule has 0 spiro atoms. The van der Waals surface area contributed by atoms with Crippen LogP contribution in [0.1, 0.15) is 23.7 Å². The first kappa shape index (κ1) is 14.5. The molecule has 1 aliphatic rings. The first-order valence-corrected chi connectivity index (χ1v) is 6.92. The minimum absolute atomic E-state index is 0.00553. The molecule has 0 atom stereocenters. The Labute approximate surface area is 126 Å². The highest BCUT2D eigenvalue weighted by Crippen LogP contribution is 2.30. The minimum atomic E-state index is -0.421. The molecule has 1 amide bonds. The molecule has 3 rings (SSSR count). The summed E-state index contributed by atoms with van der Waals surface area (Å²) >= 11 is 0. The molecular formula is C15H15FN2O4. The molecule has 2 aromatic rings. The molecule has 0 radical (unpaired) electrons. The Morgan fingerprint density at radius 1 is 1.45 bits per heavy atom. The molecule has 116 valence electrons. The van der Waals surface area contributed by atoms with Crippen LogP contribution in [0.2, 0.25) is 0 Å². The quantitative estimate of drug-likeness (QED) is 0.939. The van der Waals surface area contributed by atoms with Crippen LogP contribution in [0.5, 0.6) is 5.75 Å². The number of nitrogens with zero attached hydrogens (tertiary/aromatic N) is 1. The van der Waals surface area contributed by atoms with E-state index in [9.17, 15) is 9.18 Å². The van der Waals surface area contributed by atoms with Crippen molar-refractivity contribution in [3.05, 3.63) is 41.0 Å². The Hall–Kier alpha value is -2.41. The summed E-state index contributed by atoms with van der Waals surface area (Å²) in [6.45, 7) is 2.27. The van der Waals surface area contributed by atoms with Gasteiger partial charge in [-0.25, -0.2) is 4.39 Å². The molecule has 0 saturated carbocycles. The van der Waals surface area contributed by atoms with Crippen molar-refractivity contribution in [2.75, 3.05) is 12.1 Å². The lowest BCUT2D eigenvalue weighted by Gasteiger charge is -2.20. The van der Waals surface area contributed by atoms with Crippen molar-refractivity contribution in [2.24, 2.45) is 0 Å². The van der Waals surface area contributed by atoms with Crippen LogP contribution < -0.4 is 10.1 Å². The maximum atomic E-state index is 13.6. The number of hydrogen-bond acceptors (Lipinski definition) is 5. The number of hydrogen-bond donors (Lipinski definition) is 1. The fourth-order valence-corrected chi connectivity index (χ4v) is 2.37. The number of ether oxygens (including phenoxy) is 2. The van der Waals surface area contributed by atoms with Crippen LogP contribution in [0.3, 0.4) is 0 Å². The van der Waals surface area contributed by atoms with Crippen molar-refractivity contribution >= 4 is 11.6 Å². The summed E-state index contributed by atoms with van der Waals surface area (Å²) in [6.07, 6.45) is 2.01. The number of aromatic nitrogens is 1. The van der Waals surface area contributed by atoms with Crippen LogP contribution in [0.4, 0.5) is 10.1 Å². The topological polar surface area (TPSA) is 73.6 Å². The number of aryl methyl sites for hydroxylation is 1. The second kappa shape index (κ2) is 6.15. The van der Waals surface area contributed by atoms with Crippen LogP contribution in [0, 0.1) is 5.82 Å². The van der Waals surface area contributed by atoms with Gasteiger partial charge in [-0.1, -0.05) is 12.1 Å². The van der Waals surface area contributed by atoms with Crippen molar-refractivity contribution in [1.29, 1.82) is 0 Å². The highest BCUT2D eigenvalue weighted by Gasteiger charge is 2.19. The van der Waals surface area contributed by atoms with Gasteiger partial charge in [-0.3, -0.25) is 4.79 Å². The molecule has 0 fully saturated rings. The number of carbonyl (C=O) groups excluding carboxylic acids is 1. The molecule has 7 heteroatoms. The number of nitrogens with one attached hydrogen (secondary N) is 1. The highest BCUT2D eigenvalue weighted by molar-refractivity contribution is 5.93. The number of benzene rings is 1. The zero-order chi connectivity index (χ0) is 15.5. The molecule has 1 N–H and O–H groups in total. The number of carbonyl (C=O) groups is 1. The Morgan fingerprint density at radius 3 is 3.14 bits per heavy atom. The van der Waals surface area contributed by atoms with Gasteiger partial charge >= 0.3 is 0 Å². The second-order valence-electron chi connectivity index (χ2n) is 4.92. The van der Waals surface area contributed by atoms with E-state index in [1.807, 2.05) is 6.92 Å². The van der Waals surface area contributed by atoms with E-state index in [4.69, 9.17) is 14.0 Å². The van der Waals surface area contributed by atoms with Crippen molar-refractivity contribution in [3.63, 3.8) is 0 Å². The lowest BCUT2D eigenvalue weighted by atomic mass is 10.0. The van der Waals surface area contributed by atoms with E-state index in [-0.39, 0.29) is 25.7 Å². The van der Waals surface area contributed by atoms with E-state index < -0.39 is 5.82 Å². The molecule has 0 aliphatic carbocycles. The SMILES string of the molecule is CCc1nocc1NC(=O)Cc1cc(F)cc2c1OCOC2. The highest BCUT2D eigenvalue weighted by atomic mass is 19.1. The zero-order valence-corrected chi connectivity index (χ0v) is 12.0. The van der Waals surface area contributed by atoms with Crippen LogP contribution in [0.25, 0.3) is 0 Å². The van der Waals surface area contributed by atoms with Crippen LogP contribution >= 0.6 is 0 Å². The molecule has 0 bridgehead atoms. The first-order chi connectivity index (χ1) is 10.7. The Balaban J connectivity index is 1.78. The standard InChI is InChI=1S/C15H15FN2O4/c1-2-12-13(7-22-18-12)17-14(19)5-9-3-11(16)4-10-6-20-8-21-15(9)10/h3-4,7H,2,5-6,8H2,1H3,(H,17,19). The lowest BCUT2D eigenvalue weighted by Crippen LogP contribution is -2.18. The number of fused-ring (bicyclic) bond motifs is 1. The Morgan fingerprint density at radius 2 is 2.32 bits per heavy atom. The summed E-state index contributed by atoms with van der Waals surface area (Å²) in [7, 11) is 0. The van der Waals surface area contributed by atoms with Crippen LogP contribution in [-0.4, -0.2) is 17.9 Å². The monoisotopic (exact) mass is 306 g/mol. The maximum absolute atomic E-state index is 13.6. The number of anilines is 1. The minimum Gasteiger partial charge on any atom is -0.467 e. The number of amides is 1. The third kappa shape index (κ3) is 2.94. The van der Waals surface area contributed by atoms with Gasteiger partial charge in [0.15, 0.2) is 6.79 Å². The van der Waals surface area contributed by atoms with Gasteiger partial charge in [0.25, 0.3) is 0 Å². The van der Waals surface area contributed by atoms with E-state index in [0.717, 1.165) is 0 Å². The molecule has 22 heavy (non-hydrogen) atoms. The van der Waals surface area contributed by atoms with Gasteiger partial charge in [-0.05, 0) is 18.6 Å². The van der Waals surface area contributed by atoms with Gasteiger partial charge in [0.1, 0.15) is 29.2 Å². The summed E-state index contributed by atoms with van der Waals surface area (Å²) in [6, 6.07) is 2.66. The average molecular weight is 306 g/mol. The normalized spacial score (nSPS) is 13.4. The van der Waals surface area contributed by atoms with E-state index in [2.05, 4.69) is 10.5 Å². The fraction of sp³-hybridized carbons (Fsp3) is 0.333. The smallest absolute Gasteiger partial charge is 0.229 e. The zero-order valence-electron chi connectivity index (χ0n) is 12.0. The van der Waals surface area contributed by atoms with Gasteiger partial charge in [-0.2, -0.15) is 0 Å². The van der Waals surface area contributed by atoms with Crippen LogP contribution in [0.15, 0.2) is 22.9 Å². The van der Waals surface area contributed by atoms with E-state index in [0.29, 0.717) is 34.7 Å². The molecular weight excluding hydrogens is 291 g/mol. The van der Waals surface area contributed by atoms with Crippen molar-refractivity contribution < 1.29 is 23.2 Å². The van der Waals surface area contributed by atoms with E-state index >= 15 is 0 Å². The van der Waals surface area contributed by atoms with Crippen LogP contribution in [-0.2, 0) is 29.0 Å². The molecule has 1 aromatic heterocycles. The van der Waals surface area contributed by atoms with Gasteiger partial charge in [0.05, 0.1) is 13.0 Å². The van der Waals surface area contributed by atoms with Crippen molar-refractivity contribution in [3.8, 4) is 5.75 Å². The number of halogens is 1. The van der Waals surface area contributed by atoms with Crippen molar-refractivity contribution in [2.45, 2.75) is 26.4 Å². The van der Waals surface area contributed by atoms with E-state index in [1.165, 1.54) is 18.4 Å². The molecule has 2 heterocycles. The maximum Gasteiger partial charge on any atom is 0.229 e. The predicted molar refractivity (Wildman–Crippen MR) is 74.9 cm³/mol. The summed E-state index contributed by atoms with van der Waals surface area (Å²) < 4.78 is 29.0. The van der Waals surface area contributed by atoms with E-state index in [1.54, 1.807) is 0 Å².